The molecule has 4 heterocycles. The molecule has 1 unspecified atom stereocenters. The van der Waals surface area contributed by atoms with Crippen LogP contribution < -0.4 is 0 Å². The van der Waals surface area contributed by atoms with E-state index in [4.69, 9.17) is 14.2 Å². The van der Waals surface area contributed by atoms with Crippen molar-refractivity contribution in [3.05, 3.63) is 18.0 Å². The van der Waals surface area contributed by atoms with E-state index in [1.54, 1.807) is 0 Å². The molecular formula is C19H31N3O3. The number of hydrogen-bond donors (Lipinski definition) is 0. The summed E-state index contributed by atoms with van der Waals surface area (Å²) in [6.45, 7) is 8.47. The summed E-state index contributed by atoms with van der Waals surface area (Å²) in [5.41, 5.74) is 1.32. The van der Waals surface area contributed by atoms with Crippen LogP contribution in [0.2, 0.25) is 0 Å². The molecule has 6 nitrogen and oxygen atoms in total. The van der Waals surface area contributed by atoms with Gasteiger partial charge in [0.05, 0.1) is 18.3 Å². The van der Waals surface area contributed by atoms with Gasteiger partial charge < -0.3 is 14.2 Å². The highest BCUT2D eigenvalue weighted by Crippen LogP contribution is 2.25. The summed E-state index contributed by atoms with van der Waals surface area (Å²) < 4.78 is 19.2. The Morgan fingerprint density at radius 1 is 1.00 bits per heavy atom. The average molecular weight is 349 g/mol. The van der Waals surface area contributed by atoms with Gasteiger partial charge in [0.1, 0.15) is 0 Å². The molecule has 3 aliphatic rings. The van der Waals surface area contributed by atoms with E-state index in [0.29, 0.717) is 12.0 Å². The molecule has 1 aromatic heterocycles. The smallest absolute Gasteiger partial charge is 0.0883 e. The molecule has 4 rings (SSSR count). The standard InChI is InChI=1S/C19H31N3O3/c1-6-20-22-18(1)12-21(11-16-2-7-23-8-3-16)13-19(22)15-25-14-17-4-9-24-10-5-17/h1,6,16-17,19H,2-5,7-15H2. The predicted octanol–water partition coefficient (Wildman–Crippen LogP) is 2.11. The van der Waals surface area contributed by atoms with Crippen LogP contribution in [0.4, 0.5) is 0 Å². The fourth-order valence-corrected chi connectivity index (χ4v) is 4.31. The van der Waals surface area contributed by atoms with E-state index in [0.717, 1.165) is 71.5 Å². The van der Waals surface area contributed by atoms with E-state index in [9.17, 15) is 0 Å². The summed E-state index contributed by atoms with van der Waals surface area (Å²) in [5, 5.41) is 4.55. The minimum absolute atomic E-state index is 0.332. The molecule has 0 radical (unpaired) electrons. The molecule has 3 aliphatic heterocycles. The normalized spacial score (nSPS) is 26.6. The van der Waals surface area contributed by atoms with Crippen LogP contribution in [0.1, 0.15) is 37.4 Å². The van der Waals surface area contributed by atoms with Crippen molar-refractivity contribution in [2.45, 2.75) is 38.3 Å². The van der Waals surface area contributed by atoms with Gasteiger partial charge in [0.2, 0.25) is 0 Å². The van der Waals surface area contributed by atoms with Crippen LogP contribution in [0.5, 0.6) is 0 Å². The zero-order valence-corrected chi connectivity index (χ0v) is 15.1. The minimum Gasteiger partial charge on any atom is -0.381 e. The monoisotopic (exact) mass is 349 g/mol. The second kappa shape index (κ2) is 8.62. The van der Waals surface area contributed by atoms with Crippen LogP contribution >= 0.6 is 0 Å². The first kappa shape index (κ1) is 17.5. The Bertz CT molecular complexity index is 524. The Kier molecular flexibility index (Phi) is 6.02. The van der Waals surface area contributed by atoms with Gasteiger partial charge in [-0.25, -0.2) is 0 Å². The molecule has 0 bridgehead atoms. The molecule has 0 saturated carbocycles. The molecule has 2 saturated heterocycles. The van der Waals surface area contributed by atoms with E-state index >= 15 is 0 Å². The summed E-state index contributed by atoms with van der Waals surface area (Å²) in [4.78, 5) is 2.59. The zero-order valence-electron chi connectivity index (χ0n) is 15.1. The molecule has 1 atom stereocenters. The van der Waals surface area contributed by atoms with Crippen LogP contribution in [0.15, 0.2) is 12.3 Å². The quantitative estimate of drug-likeness (QED) is 0.787. The van der Waals surface area contributed by atoms with Gasteiger partial charge in [0, 0.05) is 58.9 Å². The van der Waals surface area contributed by atoms with Gasteiger partial charge in [-0.2, -0.15) is 5.10 Å². The van der Waals surface area contributed by atoms with E-state index < -0.39 is 0 Å². The number of fused-ring (bicyclic) bond motifs is 1. The highest BCUT2D eigenvalue weighted by atomic mass is 16.5. The molecule has 0 aromatic carbocycles. The molecule has 6 heteroatoms. The Morgan fingerprint density at radius 3 is 2.48 bits per heavy atom. The molecule has 0 N–H and O–H groups in total. The van der Waals surface area contributed by atoms with E-state index in [2.05, 4.69) is 20.7 Å². The molecule has 2 fully saturated rings. The molecule has 0 amide bonds. The first-order valence-electron chi connectivity index (χ1n) is 9.86. The number of aromatic nitrogens is 2. The fourth-order valence-electron chi connectivity index (χ4n) is 4.31. The SMILES string of the molecule is c1cc2n(n1)C(COCC1CCOCC1)CN(CC1CCOCC1)C2. The van der Waals surface area contributed by atoms with Crippen molar-refractivity contribution in [1.82, 2.24) is 14.7 Å². The third-order valence-corrected chi connectivity index (χ3v) is 5.81. The maximum atomic E-state index is 6.11. The van der Waals surface area contributed by atoms with Gasteiger partial charge >= 0.3 is 0 Å². The fraction of sp³-hybridized carbons (Fsp3) is 0.842. The van der Waals surface area contributed by atoms with Gasteiger partial charge in [-0.3, -0.25) is 9.58 Å². The Labute approximate surface area is 150 Å². The lowest BCUT2D eigenvalue weighted by Crippen LogP contribution is -2.42. The second-order valence-electron chi connectivity index (χ2n) is 7.76. The maximum absolute atomic E-state index is 6.11. The maximum Gasteiger partial charge on any atom is 0.0883 e. The largest absolute Gasteiger partial charge is 0.381 e. The molecular weight excluding hydrogens is 318 g/mol. The van der Waals surface area contributed by atoms with Gasteiger partial charge in [0.25, 0.3) is 0 Å². The number of nitrogens with zero attached hydrogens (tertiary/aromatic N) is 3. The van der Waals surface area contributed by atoms with Gasteiger partial charge in [-0.15, -0.1) is 0 Å². The molecule has 1 aromatic rings. The van der Waals surface area contributed by atoms with Crippen molar-refractivity contribution in [3.8, 4) is 0 Å². The van der Waals surface area contributed by atoms with Crippen molar-refractivity contribution >= 4 is 0 Å². The van der Waals surface area contributed by atoms with Gasteiger partial charge in [0.15, 0.2) is 0 Å². The minimum atomic E-state index is 0.332. The number of ether oxygens (including phenoxy) is 3. The first-order chi connectivity index (χ1) is 12.4. The lowest BCUT2D eigenvalue weighted by molar-refractivity contribution is -0.000162. The molecule has 140 valence electrons. The number of hydrogen-bond acceptors (Lipinski definition) is 5. The summed E-state index contributed by atoms with van der Waals surface area (Å²) in [6, 6.07) is 2.49. The van der Waals surface area contributed by atoms with Crippen molar-refractivity contribution in [1.29, 1.82) is 0 Å². The first-order valence-corrected chi connectivity index (χ1v) is 9.86. The zero-order chi connectivity index (χ0) is 16.9. The van der Waals surface area contributed by atoms with Crippen LogP contribution in [-0.2, 0) is 20.8 Å². The highest BCUT2D eigenvalue weighted by Gasteiger charge is 2.28. The summed E-state index contributed by atoms with van der Waals surface area (Å²) in [6.07, 6.45) is 6.58. The van der Waals surface area contributed by atoms with Crippen LogP contribution in [-0.4, -0.2) is 67.4 Å². The van der Waals surface area contributed by atoms with Crippen molar-refractivity contribution < 1.29 is 14.2 Å². The predicted molar refractivity (Wildman–Crippen MR) is 94.4 cm³/mol. The van der Waals surface area contributed by atoms with E-state index in [-0.39, 0.29) is 0 Å². The van der Waals surface area contributed by atoms with Crippen LogP contribution in [0, 0.1) is 11.8 Å². The summed E-state index contributed by atoms with van der Waals surface area (Å²) in [7, 11) is 0. The topological polar surface area (TPSA) is 48.8 Å². The molecule has 0 spiro atoms. The third kappa shape index (κ3) is 4.61. The second-order valence-corrected chi connectivity index (χ2v) is 7.76. The highest BCUT2D eigenvalue weighted by molar-refractivity contribution is 5.05. The van der Waals surface area contributed by atoms with E-state index in [1.807, 2.05) is 6.20 Å². The molecule has 25 heavy (non-hydrogen) atoms. The van der Waals surface area contributed by atoms with Crippen LogP contribution in [0.3, 0.4) is 0 Å². The Morgan fingerprint density at radius 2 is 1.72 bits per heavy atom. The van der Waals surface area contributed by atoms with Crippen molar-refractivity contribution in [2.75, 3.05) is 52.7 Å². The van der Waals surface area contributed by atoms with Gasteiger partial charge in [-0.05, 0) is 43.6 Å². The Hall–Kier alpha value is -0.950. The third-order valence-electron chi connectivity index (χ3n) is 5.81. The lowest BCUT2D eigenvalue weighted by Gasteiger charge is -2.36. The lowest BCUT2D eigenvalue weighted by atomic mass is 9.99. The van der Waals surface area contributed by atoms with E-state index in [1.165, 1.54) is 25.1 Å². The van der Waals surface area contributed by atoms with Crippen LogP contribution in [0.25, 0.3) is 0 Å². The average Bonchev–Trinajstić information content (AvgIpc) is 3.12. The number of rotatable bonds is 6. The molecule has 0 aliphatic carbocycles. The van der Waals surface area contributed by atoms with Crippen molar-refractivity contribution in [3.63, 3.8) is 0 Å². The summed E-state index contributed by atoms with van der Waals surface area (Å²) in [5.74, 6) is 1.43. The van der Waals surface area contributed by atoms with Gasteiger partial charge in [-0.1, -0.05) is 0 Å². The summed E-state index contributed by atoms with van der Waals surface area (Å²) >= 11 is 0. The Balaban J connectivity index is 1.30. The van der Waals surface area contributed by atoms with Crippen molar-refractivity contribution in [2.24, 2.45) is 11.8 Å².